The Labute approximate surface area is 153 Å². The van der Waals surface area contributed by atoms with Gasteiger partial charge < -0.3 is 14.5 Å². The Balaban J connectivity index is 1.43. The zero-order chi connectivity index (χ0) is 18.2. The van der Waals surface area contributed by atoms with Crippen molar-refractivity contribution in [2.45, 2.75) is 25.8 Å². The van der Waals surface area contributed by atoms with Crippen molar-refractivity contribution in [2.24, 2.45) is 0 Å². The molecule has 0 spiro atoms. The fraction of sp³-hybridized carbons (Fsp3) is 0.238. The molecule has 0 atom stereocenters. The van der Waals surface area contributed by atoms with E-state index in [1.165, 1.54) is 0 Å². The van der Waals surface area contributed by atoms with Crippen LogP contribution in [0.5, 0.6) is 5.75 Å². The van der Waals surface area contributed by atoms with Gasteiger partial charge in [0.1, 0.15) is 5.75 Å². The molecule has 0 saturated heterocycles. The maximum atomic E-state index is 12.0. The minimum atomic E-state index is 0.00532. The van der Waals surface area contributed by atoms with E-state index >= 15 is 0 Å². The number of nitrogens with one attached hydrogen (secondary N) is 1. The van der Waals surface area contributed by atoms with Gasteiger partial charge in [-0.2, -0.15) is 0 Å². The van der Waals surface area contributed by atoms with Crippen LogP contribution in [0.15, 0.2) is 65.2 Å². The molecular formula is C21H22N2O3. The number of nitrogens with zero attached hydrogens (tertiary/aromatic N) is 1. The summed E-state index contributed by atoms with van der Waals surface area (Å²) in [5.74, 6) is 2.19. The molecule has 0 aliphatic carbocycles. The van der Waals surface area contributed by atoms with Crippen LogP contribution in [0.3, 0.4) is 0 Å². The molecule has 0 aliphatic rings. The summed E-state index contributed by atoms with van der Waals surface area (Å²) in [7, 11) is 1.63. The van der Waals surface area contributed by atoms with E-state index in [4.69, 9.17) is 9.15 Å². The van der Waals surface area contributed by atoms with Gasteiger partial charge >= 0.3 is 0 Å². The van der Waals surface area contributed by atoms with Crippen LogP contribution in [0, 0.1) is 0 Å². The highest BCUT2D eigenvalue weighted by molar-refractivity contribution is 5.75. The van der Waals surface area contributed by atoms with Gasteiger partial charge in [0.25, 0.3) is 0 Å². The van der Waals surface area contributed by atoms with Gasteiger partial charge in [-0.15, -0.1) is 0 Å². The average molecular weight is 350 g/mol. The van der Waals surface area contributed by atoms with Crippen LogP contribution in [-0.4, -0.2) is 18.0 Å². The number of hydrogen-bond donors (Lipinski definition) is 1. The molecule has 0 unspecified atom stereocenters. The summed E-state index contributed by atoms with van der Waals surface area (Å²) in [6.45, 7) is 0.458. The van der Waals surface area contributed by atoms with Crippen molar-refractivity contribution >= 4 is 5.91 Å². The number of rotatable bonds is 8. The van der Waals surface area contributed by atoms with Gasteiger partial charge in [-0.3, -0.25) is 4.79 Å². The highest BCUT2D eigenvalue weighted by Gasteiger charge is 2.08. The predicted molar refractivity (Wildman–Crippen MR) is 99.7 cm³/mol. The fourth-order valence-corrected chi connectivity index (χ4v) is 2.69. The van der Waals surface area contributed by atoms with Gasteiger partial charge in [-0.05, 0) is 12.5 Å². The minimum Gasteiger partial charge on any atom is -0.496 e. The number of methoxy groups -OCH3 is 1. The molecule has 3 rings (SSSR count). The highest BCUT2D eigenvalue weighted by Crippen LogP contribution is 2.20. The van der Waals surface area contributed by atoms with Gasteiger partial charge in [-0.25, -0.2) is 4.98 Å². The van der Waals surface area contributed by atoms with Crippen molar-refractivity contribution in [3.8, 4) is 17.1 Å². The standard InChI is InChI=1S/C21H22N2O3/c1-25-18-11-6-5-10-17(18)14-22-20(24)12-7-13-21-23-15-19(26-21)16-8-3-2-4-9-16/h2-6,8-11,15H,7,12-14H2,1H3,(H,22,24). The third kappa shape index (κ3) is 4.72. The average Bonchev–Trinajstić information content (AvgIpc) is 3.16. The lowest BCUT2D eigenvalue weighted by molar-refractivity contribution is -0.121. The maximum Gasteiger partial charge on any atom is 0.220 e. The number of aromatic nitrogens is 1. The van der Waals surface area contributed by atoms with Crippen LogP contribution < -0.4 is 10.1 Å². The molecular weight excluding hydrogens is 328 g/mol. The van der Waals surface area contributed by atoms with Crippen LogP contribution >= 0.6 is 0 Å². The van der Waals surface area contributed by atoms with Crippen molar-refractivity contribution in [1.29, 1.82) is 0 Å². The molecule has 5 nitrogen and oxygen atoms in total. The third-order valence-electron chi connectivity index (χ3n) is 4.07. The molecule has 0 saturated carbocycles. The second-order valence-corrected chi connectivity index (χ2v) is 5.93. The highest BCUT2D eigenvalue weighted by atomic mass is 16.5. The Morgan fingerprint density at radius 2 is 1.88 bits per heavy atom. The van der Waals surface area contributed by atoms with Crippen molar-refractivity contribution in [3.05, 3.63) is 72.2 Å². The quantitative estimate of drug-likeness (QED) is 0.667. The summed E-state index contributed by atoms with van der Waals surface area (Å²) in [6.07, 6.45) is 3.48. The summed E-state index contributed by atoms with van der Waals surface area (Å²) in [6, 6.07) is 17.5. The van der Waals surface area contributed by atoms with Gasteiger partial charge in [0.2, 0.25) is 5.91 Å². The number of carbonyl (C=O) groups excluding carboxylic acids is 1. The van der Waals surface area contributed by atoms with E-state index in [1.54, 1.807) is 13.3 Å². The molecule has 0 aliphatic heterocycles. The molecule has 0 bridgehead atoms. The van der Waals surface area contributed by atoms with E-state index in [-0.39, 0.29) is 5.91 Å². The lowest BCUT2D eigenvalue weighted by Gasteiger charge is -2.09. The molecule has 1 N–H and O–H groups in total. The molecule has 0 fully saturated rings. The maximum absolute atomic E-state index is 12.0. The van der Waals surface area contributed by atoms with E-state index in [1.807, 2.05) is 54.6 Å². The molecule has 1 amide bonds. The largest absolute Gasteiger partial charge is 0.496 e. The first kappa shape index (κ1) is 17.7. The Bertz CT molecular complexity index is 843. The zero-order valence-corrected chi connectivity index (χ0v) is 14.8. The van der Waals surface area contributed by atoms with Gasteiger partial charge in [0.05, 0.1) is 13.3 Å². The lowest BCUT2D eigenvalue weighted by atomic mass is 10.2. The normalized spacial score (nSPS) is 10.5. The van der Waals surface area contributed by atoms with Crippen LogP contribution in [0.2, 0.25) is 0 Å². The van der Waals surface area contributed by atoms with Crippen LogP contribution in [0.25, 0.3) is 11.3 Å². The first-order valence-electron chi connectivity index (χ1n) is 8.65. The van der Waals surface area contributed by atoms with Gasteiger partial charge in [0, 0.05) is 30.5 Å². The van der Waals surface area contributed by atoms with E-state index < -0.39 is 0 Å². The van der Waals surface area contributed by atoms with E-state index in [0.717, 1.165) is 22.6 Å². The van der Waals surface area contributed by atoms with Crippen LogP contribution in [0.1, 0.15) is 24.3 Å². The summed E-state index contributed by atoms with van der Waals surface area (Å²) >= 11 is 0. The van der Waals surface area contributed by atoms with Crippen LogP contribution in [-0.2, 0) is 17.8 Å². The Morgan fingerprint density at radius 1 is 1.12 bits per heavy atom. The molecule has 134 valence electrons. The SMILES string of the molecule is COc1ccccc1CNC(=O)CCCc1ncc(-c2ccccc2)o1. The monoisotopic (exact) mass is 350 g/mol. The van der Waals surface area contributed by atoms with Crippen molar-refractivity contribution < 1.29 is 13.9 Å². The number of ether oxygens (including phenoxy) is 1. The van der Waals surface area contributed by atoms with E-state index in [9.17, 15) is 4.79 Å². The number of carbonyl (C=O) groups is 1. The van der Waals surface area contributed by atoms with Gasteiger partial charge in [-0.1, -0.05) is 48.5 Å². The van der Waals surface area contributed by atoms with Crippen molar-refractivity contribution in [1.82, 2.24) is 10.3 Å². The Morgan fingerprint density at radius 3 is 2.69 bits per heavy atom. The smallest absolute Gasteiger partial charge is 0.220 e. The predicted octanol–water partition coefficient (Wildman–Crippen LogP) is 3.99. The summed E-state index contributed by atoms with van der Waals surface area (Å²) < 4.78 is 11.0. The molecule has 5 heteroatoms. The first-order chi connectivity index (χ1) is 12.8. The van der Waals surface area contributed by atoms with Gasteiger partial charge in [0.15, 0.2) is 11.7 Å². The van der Waals surface area contributed by atoms with Crippen LogP contribution in [0.4, 0.5) is 0 Å². The number of amides is 1. The molecule has 26 heavy (non-hydrogen) atoms. The number of benzene rings is 2. The summed E-state index contributed by atoms with van der Waals surface area (Å²) in [5, 5.41) is 2.92. The van der Waals surface area contributed by atoms with Crippen molar-refractivity contribution in [3.63, 3.8) is 0 Å². The fourth-order valence-electron chi connectivity index (χ4n) is 2.69. The lowest BCUT2D eigenvalue weighted by Crippen LogP contribution is -2.22. The number of oxazole rings is 1. The first-order valence-corrected chi connectivity index (χ1v) is 8.65. The second-order valence-electron chi connectivity index (χ2n) is 5.93. The van der Waals surface area contributed by atoms with E-state index in [0.29, 0.717) is 31.7 Å². The Hall–Kier alpha value is -3.08. The summed E-state index contributed by atoms with van der Waals surface area (Å²) in [4.78, 5) is 16.3. The Kier molecular flexibility index (Phi) is 6.04. The topological polar surface area (TPSA) is 64.4 Å². The molecule has 2 aromatic carbocycles. The molecule has 1 heterocycles. The minimum absolute atomic E-state index is 0.00532. The third-order valence-corrected chi connectivity index (χ3v) is 4.07. The summed E-state index contributed by atoms with van der Waals surface area (Å²) in [5.41, 5.74) is 1.96. The van der Waals surface area contributed by atoms with E-state index in [2.05, 4.69) is 10.3 Å². The zero-order valence-electron chi connectivity index (χ0n) is 14.8. The molecule has 0 radical (unpaired) electrons. The number of aryl methyl sites for hydroxylation is 1. The van der Waals surface area contributed by atoms with Crippen molar-refractivity contribution in [2.75, 3.05) is 7.11 Å². The molecule has 1 aromatic heterocycles. The second kappa shape index (κ2) is 8.85. The number of hydrogen-bond acceptors (Lipinski definition) is 4. The number of para-hydroxylation sites is 1. The molecule has 3 aromatic rings.